The number of para-hydroxylation sites is 1. The molecule has 0 aromatic heterocycles. The van der Waals surface area contributed by atoms with Gasteiger partial charge < -0.3 is 26.0 Å². The van der Waals surface area contributed by atoms with Crippen molar-refractivity contribution in [2.75, 3.05) is 23.7 Å². The lowest BCUT2D eigenvalue weighted by Crippen LogP contribution is -2.51. The number of nitrogens with zero attached hydrogens (tertiary/aromatic N) is 1. The second-order valence-corrected chi connectivity index (χ2v) is 10.4. The Morgan fingerprint density at radius 2 is 1.63 bits per heavy atom. The van der Waals surface area contributed by atoms with E-state index in [1.807, 2.05) is 45.0 Å². The lowest BCUT2D eigenvalue weighted by atomic mass is 9.92. The zero-order valence-electron chi connectivity index (χ0n) is 22.3. The molecule has 1 aliphatic heterocycles. The van der Waals surface area contributed by atoms with Crippen molar-refractivity contribution >= 4 is 35.2 Å². The highest BCUT2D eigenvalue weighted by molar-refractivity contribution is 6.00. The predicted octanol–water partition coefficient (Wildman–Crippen LogP) is 4.43. The molecular formula is C29H38N4O5. The molecule has 0 bridgehead atoms. The molecule has 0 aliphatic carbocycles. The van der Waals surface area contributed by atoms with Crippen LogP contribution in [0.15, 0.2) is 48.5 Å². The van der Waals surface area contributed by atoms with Crippen LogP contribution in [0, 0.1) is 18.8 Å². The number of carbonyl (C=O) groups is 4. The number of carboxylic acids is 1. The molecule has 204 valence electrons. The third-order valence-electron chi connectivity index (χ3n) is 6.70. The first-order valence-corrected chi connectivity index (χ1v) is 13.1. The van der Waals surface area contributed by atoms with Crippen molar-refractivity contribution in [2.24, 2.45) is 11.8 Å². The van der Waals surface area contributed by atoms with Crippen molar-refractivity contribution in [1.29, 1.82) is 0 Å². The van der Waals surface area contributed by atoms with Gasteiger partial charge in [-0.05, 0) is 67.3 Å². The third-order valence-corrected chi connectivity index (χ3v) is 6.70. The van der Waals surface area contributed by atoms with E-state index in [0.29, 0.717) is 38.0 Å². The van der Waals surface area contributed by atoms with Gasteiger partial charge in [0.15, 0.2) is 0 Å². The van der Waals surface area contributed by atoms with E-state index in [9.17, 15) is 19.2 Å². The van der Waals surface area contributed by atoms with Crippen molar-refractivity contribution in [3.63, 3.8) is 0 Å². The van der Waals surface area contributed by atoms with Crippen LogP contribution in [0.2, 0.25) is 0 Å². The molecule has 0 radical (unpaired) electrons. The Hall–Kier alpha value is -3.88. The van der Waals surface area contributed by atoms with Crippen LogP contribution in [0.1, 0.15) is 50.7 Å². The Morgan fingerprint density at radius 3 is 2.24 bits per heavy atom. The number of carbonyl (C=O) groups excluding carboxylic acids is 3. The van der Waals surface area contributed by atoms with Gasteiger partial charge >= 0.3 is 12.0 Å². The topological polar surface area (TPSA) is 128 Å². The highest BCUT2D eigenvalue weighted by atomic mass is 16.4. The first-order chi connectivity index (χ1) is 18.1. The highest BCUT2D eigenvalue weighted by Gasteiger charge is 2.30. The summed E-state index contributed by atoms with van der Waals surface area (Å²) in [5.74, 6) is -0.873. The zero-order chi connectivity index (χ0) is 27.7. The predicted molar refractivity (Wildman–Crippen MR) is 147 cm³/mol. The number of aliphatic carboxylic acids is 1. The summed E-state index contributed by atoms with van der Waals surface area (Å²) in [6, 6.07) is 13.5. The molecule has 3 rings (SSSR count). The summed E-state index contributed by atoms with van der Waals surface area (Å²) in [4.78, 5) is 51.1. The van der Waals surface area contributed by atoms with Crippen LogP contribution in [0.3, 0.4) is 0 Å². The number of nitrogens with one attached hydrogen (secondary N) is 3. The number of aryl methyl sites for hydroxylation is 1. The number of rotatable bonds is 10. The van der Waals surface area contributed by atoms with E-state index in [0.717, 1.165) is 16.8 Å². The van der Waals surface area contributed by atoms with Crippen molar-refractivity contribution in [2.45, 2.75) is 58.9 Å². The lowest BCUT2D eigenvalue weighted by molar-refractivity contribution is -0.140. The van der Waals surface area contributed by atoms with E-state index in [1.165, 1.54) is 0 Å². The van der Waals surface area contributed by atoms with Gasteiger partial charge in [0, 0.05) is 30.9 Å². The SMILES string of the molecule is Cc1ccccc1NC(=O)Nc1ccc(CC(=O)N[C@@H](CC(C)C)C(=O)N2CCC(CC(=O)O)CC2)cc1. The average Bonchev–Trinajstić information content (AvgIpc) is 2.85. The summed E-state index contributed by atoms with van der Waals surface area (Å²) in [6.45, 7) is 6.94. The number of carboxylic acid groups (broad SMARTS) is 1. The molecule has 0 spiro atoms. The third kappa shape index (κ3) is 8.90. The van der Waals surface area contributed by atoms with E-state index >= 15 is 0 Å². The van der Waals surface area contributed by atoms with E-state index in [2.05, 4.69) is 16.0 Å². The summed E-state index contributed by atoms with van der Waals surface area (Å²) in [7, 11) is 0. The fraction of sp³-hybridized carbons (Fsp3) is 0.448. The Bertz CT molecular complexity index is 1120. The van der Waals surface area contributed by atoms with Crippen LogP contribution in [-0.2, 0) is 20.8 Å². The van der Waals surface area contributed by atoms with Gasteiger partial charge in [0.1, 0.15) is 6.04 Å². The lowest BCUT2D eigenvalue weighted by Gasteiger charge is -2.34. The minimum Gasteiger partial charge on any atom is -0.481 e. The molecule has 4 amide bonds. The Morgan fingerprint density at radius 1 is 0.974 bits per heavy atom. The average molecular weight is 523 g/mol. The fourth-order valence-electron chi connectivity index (χ4n) is 4.65. The number of hydrogen-bond acceptors (Lipinski definition) is 4. The van der Waals surface area contributed by atoms with Gasteiger partial charge in [0.25, 0.3) is 0 Å². The molecule has 1 saturated heterocycles. The fourth-order valence-corrected chi connectivity index (χ4v) is 4.65. The largest absolute Gasteiger partial charge is 0.481 e. The van der Waals surface area contributed by atoms with Crippen molar-refractivity contribution in [3.05, 3.63) is 59.7 Å². The maximum Gasteiger partial charge on any atom is 0.323 e. The van der Waals surface area contributed by atoms with Crippen LogP contribution in [0.5, 0.6) is 0 Å². The van der Waals surface area contributed by atoms with Crippen molar-refractivity contribution < 1.29 is 24.3 Å². The number of piperidine rings is 1. The molecule has 0 saturated carbocycles. The van der Waals surface area contributed by atoms with Gasteiger partial charge in [-0.2, -0.15) is 0 Å². The quantitative estimate of drug-likeness (QED) is 0.367. The summed E-state index contributed by atoms with van der Waals surface area (Å²) >= 11 is 0. The van der Waals surface area contributed by atoms with Gasteiger partial charge in [-0.15, -0.1) is 0 Å². The van der Waals surface area contributed by atoms with Gasteiger partial charge in [0.2, 0.25) is 11.8 Å². The monoisotopic (exact) mass is 522 g/mol. The minimum absolute atomic E-state index is 0.0840. The molecule has 2 aromatic rings. The molecule has 4 N–H and O–H groups in total. The molecular weight excluding hydrogens is 484 g/mol. The number of benzene rings is 2. The Labute approximate surface area is 224 Å². The molecule has 0 unspecified atom stereocenters. The number of hydrogen-bond donors (Lipinski definition) is 4. The standard InChI is InChI=1S/C29H38N4O5/c1-19(2)16-25(28(37)33-14-12-22(13-15-33)18-27(35)36)31-26(34)17-21-8-10-23(11-9-21)30-29(38)32-24-7-5-4-6-20(24)3/h4-11,19,22,25H,12-18H2,1-3H3,(H,31,34)(H,35,36)(H2,30,32,38)/t25-/m0/s1. The normalized spacial score (nSPS) is 14.6. The van der Waals surface area contributed by atoms with Crippen LogP contribution in [-0.4, -0.2) is 53.0 Å². The molecule has 9 nitrogen and oxygen atoms in total. The first-order valence-electron chi connectivity index (χ1n) is 13.1. The number of urea groups is 1. The van der Waals surface area contributed by atoms with Crippen LogP contribution >= 0.6 is 0 Å². The minimum atomic E-state index is -0.811. The molecule has 9 heteroatoms. The van der Waals surface area contributed by atoms with E-state index in [1.54, 1.807) is 29.2 Å². The molecule has 1 atom stereocenters. The second-order valence-electron chi connectivity index (χ2n) is 10.4. The number of amides is 4. The zero-order valence-corrected chi connectivity index (χ0v) is 22.3. The summed E-state index contributed by atoms with van der Waals surface area (Å²) in [6.07, 6.45) is 2.07. The van der Waals surface area contributed by atoms with Gasteiger partial charge in [-0.25, -0.2) is 4.79 Å². The maximum absolute atomic E-state index is 13.2. The van der Waals surface area contributed by atoms with Crippen molar-refractivity contribution in [3.8, 4) is 0 Å². The molecule has 1 aliphatic rings. The van der Waals surface area contributed by atoms with Crippen LogP contribution in [0.4, 0.5) is 16.2 Å². The number of anilines is 2. The molecule has 2 aromatic carbocycles. The van der Waals surface area contributed by atoms with E-state index in [4.69, 9.17) is 5.11 Å². The van der Waals surface area contributed by atoms with Gasteiger partial charge in [0.05, 0.1) is 6.42 Å². The smallest absolute Gasteiger partial charge is 0.323 e. The molecule has 1 heterocycles. The maximum atomic E-state index is 13.2. The molecule has 1 fully saturated rings. The molecule has 38 heavy (non-hydrogen) atoms. The van der Waals surface area contributed by atoms with E-state index in [-0.39, 0.29) is 42.5 Å². The highest BCUT2D eigenvalue weighted by Crippen LogP contribution is 2.22. The summed E-state index contributed by atoms with van der Waals surface area (Å²) in [5, 5.41) is 17.5. The van der Waals surface area contributed by atoms with Gasteiger partial charge in [-0.3, -0.25) is 14.4 Å². The van der Waals surface area contributed by atoms with Crippen LogP contribution in [0.25, 0.3) is 0 Å². The summed E-state index contributed by atoms with van der Waals surface area (Å²) in [5.41, 5.74) is 3.05. The second kappa shape index (κ2) is 13.6. The van der Waals surface area contributed by atoms with E-state index < -0.39 is 12.0 Å². The Kier molecular flexibility index (Phi) is 10.3. The first kappa shape index (κ1) is 28.7. The summed E-state index contributed by atoms with van der Waals surface area (Å²) < 4.78 is 0. The Balaban J connectivity index is 1.52. The van der Waals surface area contributed by atoms with Crippen LogP contribution < -0.4 is 16.0 Å². The van der Waals surface area contributed by atoms with Crippen molar-refractivity contribution in [1.82, 2.24) is 10.2 Å². The van der Waals surface area contributed by atoms with Gasteiger partial charge in [-0.1, -0.05) is 44.2 Å². The number of likely N-dealkylation sites (tertiary alicyclic amines) is 1.